The fourth-order valence-corrected chi connectivity index (χ4v) is 2.61. The van der Waals surface area contributed by atoms with Crippen LogP contribution in [0.15, 0.2) is 66.9 Å². The van der Waals surface area contributed by atoms with E-state index in [1.807, 2.05) is 54.1 Å². The number of ketones is 1. The van der Waals surface area contributed by atoms with Crippen molar-refractivity contribution in [2.75, 3.05) is 6.61 Å². The lowest BCUT2D eigenvalue weighted by molar-refractivity contribution is 0.102. The summed E-state index contributed by atoms with van der Waals surface area (Å²) >= 11 is 0. The molecule has 0 bridgehead atoms. The van der Waals surface area contributed by atoms with Crippen LogP contribution in [-0.4, -0.2) is 23.2 Å². The summed E-state index contributed by atoms with van der Waals surface area (Å²) in [6, 6.07) is 18.2. The zero-order valence-corrected chi connectivity index (χ0v) is 14.0. The molecule has 0 saturated heterocycles. The molecular weight excluding hydrogens is 314 g/mol. The number of hydrogen-bond acceptors (Lipinski definition) is 3. The van der Waals surface area contributed by atoms with Crippen LogP contribution >= 0.6 is 0 Å². The minimum absolute atomic E-state index is 0.00653. The van der Waals surface area contributed by atoms with Gasteiger partial charge in [0.05, 0.1) is 12.2 Å². The van der Waals surface area contributed by atoms with Crippen molar-refractivity contribution in [2.24, 2.45) is 0 Å². The van der Waals surface area contributed by atoms with Crippen LogP contribution in [0.25, 0.3) is 0 Å². The zero-order chi connectivity index (χ0) is 17.6. The summed E-state index contributed by atoms with van der Waals surface area (Å²) in [5.74, 6) is 0.635. The number of carbonyl (C=O) groups is 2. The van der Waals surface area contributed by atoms with Crippen molar-refractivity contribution in [3.05, 3.63) is 89.2 Å². The zero-order valence-electron chi connectivity index (χ0n) is 14.0. The van der Waals surface area contributed by atoms with Crippen molar-refractivity contribution in [3.63, 3.8) is 0 Å². The molecule has 4 heteroatoms. The summed E-state index contributed by atoms with van der Waals surface area (Å²) in [5.41, 5.74) is 3.01. The number of aromatic nitrogens is 1. The third-order valence-electron chi connectivity index (χ3n) is 3.97. The quantitative estimate of drug-likeness (QED) is 0.486. The molecule has 0 saturated carbocycles. The Balaban J connectivity index is 1.66. The van der Waals surface area contributed by atoms with Gasteiger partial charge in [-0.05, 0) is 31.2 Å². The second-order valence-electron chi connectivity index (χ2n) is 5.82. The summed E-state index contributed by atoms with van der Waals surface area (Å²) < 4.78 is 7.57. The Morgan fingerprint density at radius 2 is 1.88 bits per heavy atom. The molecule has 0 aliphatic heterocycles. The molecule has 126 valence electrons. The van der Waals surface area contributed by atoms with E-state index in [9.17, 15) is 9.59 Å². The summed E-state index contributed by atoms with van der Waals surface area (Å²) in [6.45, 7) is 2.95. The molecular formula is C21H19NO3. The van der Waals surface area contributed by atoms with Crippen LogP contribution in [0.1, 0.15) is 32.0 Å². The van der Waals surface area contributed by atoms with E-state index >= 15 is 0 Å². The molecule has 0 amide bonds. The van der Waals surface area contributed by atoms with Crippen LogP contribution in [0.4, 0.5) is 0 Å². The lowest BCUT2D eigenvalue weighted by Crippen LogP contribution is -2.14. The SMILES string of the molecule is Cc1ccc(C(=O)c2cccn2CCOc2cccc(C=O)c2)cc1. The fourth-order valence-electron chi connectivity index (χ4n) is 2.61. The molecule has 0 N–H and O–H groups in total. The van der Waals surface area contributed by atoms with Gasteiger partial charge in [-0.2, -0.15) is 0 Å². The molecule has 0 spiro atoms. The minimum atomic E-state index is -0.00653. The van der Waals surface area contributed by atoms with E-state index in [4.69, 9.17) is 4.74 Å². The van der Waals surface area contributed by atoms with Crippen LogP contribution in [0.2, 0.25) is 0 Å². The summed E-state index contributed by atoms with van der Waals surface area (Å²) in [5, 5.41) is 0. The van der Waals surface area contributed by atoms with Gasteiger partial charge in [0.1, 0.15) is 18.6 Å². The summed E-state index contributed by atoms with van der Waals surface area (Å²) in [4.78, 5) is 23.5. The Kier molecular flexibility index (Phi) is 5.09. The third-order valence-corrected chi connectivity index (χ3v) is 3.97. The van der Waals surface area contributed by atoms with Crippen molar-refractivity contribution in [1.82, 2.24) is 4.57 Å². The maximum atomic E-state index is 12.7. The van der Waals surface area contributed by atoms with Gasteiger partial charge in [0.25, 0.3) is 0 Å². The van der Waals surface area contributed by atoms with Gasteiger partial charge in [-0.3, -0.25) is 9.59 Å². The summed E-state index contributed by atoms with van der Waals surface area (Å²) in [7, 11) is 0. The maximum Gasteiger partial charge on any atom is 0.209 e. The molecule has 0 fully saturated rings. The summed E-state index contributed by atoms with van der Waals surface area (Å²) in [6.07, 6.45) is 2.66. The highest BCUT2D eigenvalue weighted by Crippen LogP contribution is 2.14. The Morgan fingerprint density at radius 1 is 1.08 bits per heavy atom. The lowest BCUT2D eigenvalue weighted by Gasteiger charge is -2.10. The number of ether oxygens (including phenoxy) is 1. The van der Waals surface area contributed by atoms with Crippen LogP contribution in [0.5, 0.6) is 5.75 Å². The number of rotatable bonds is 7. The Hall–Kier alpha value is -3.14. The van der Waals surface area contributed by atoms with Gasteiger partial charge in [-0.1, -0.05) is 42.0 Å². The van der Waals surface area contributed by atoms with E-state index in [2.05, 4.69) is 0 Å². The monoisotopic (exact) mass is 333 g/mol. The van der Waals surface area contributed by atoms with Gasteiger partial charge in [-0.25, -0.2) is 0 Å². The molecule has 0 atom stereocenters. The van der Waals surface area contributed by atoms with Gasteiger partial charge in [0.2, 0.25) is 5.78 Å². The predicted octanol–water partition coefficient (Wildman–Crippen LogP) is 3.92. The second-order valence-corrected chi connectivity index (χ2v) is 5.82. The Labute approximate surface area is 146 Å². The van der Waals surface area contributed by atoms with E-state index in [0.29, 0.717) is 35.7 Å². The molecule has 1 heterocycles. The van der Waals surface area contributed by atoms with Gasteiger partial charge in [-0.15, -0.1) is 0 Å². The first-order valence-corrected chi connectivity index (χ1v) is 8.12. The van der Waals surface area contributed by atoms with E-state index < -0.39 is 0 Å². The first-order chi connectivity index (χ1) is 12.2. The Bertz CT molecular complexity index is 878. The van der Waals surface area contributed by atoms with Gasteiger partial charge < -0.3 is 9.30 Å². The molecule has 3 aromatic rings. The molecule has 0 unspecified atom stereocenters. The van der Waals surface area contributed by atoms with Gasteiger partial charge in [0.15, 0.2) is 0 Å². The highest BCUT2D eigenvalue weighted by molar-refractivity contribution is 6.08. The minimum Gasteiger partial charge on any atom is -0.492 e. The number of benzene rings is 2. The fraction of sp³-hybridized carbons (Fsp3) is 0.143. The van der Waals surface area contributed by atoms with E-state index in [0.717, 1.165) is 11.8 Å². The molecule has 0 aliphatic rings. The van der Waals surface area contributed by atoms with Gasteiger partial charge in [0, 0.05) is 17.3 Å². The average molecular weight is 333 g/mol. The first-order valence-electron chi connectivity index (χ1n) is 8.12. The predicted molar refractivity (Wildman–Crippen MR) is 96.4 cm³/mol. The van der Waals surface area contributed by atoms with E-state index in [-0.39, 0.29) is 5.78 Å². The number of aryl methyl sites for hydroxylation is 1. The molecule has 3 rings (SSSR count). The Morgan fingerprint density at radius 3 is 2.64 bits per heavy atom. The number of nitrogens with zero attached hydrogens (tertiary/aromatic N) is 1. The first kappa shape index (κ1) is 16.7. The van der Waals surface area contributed by atoms with Crippen LogP contribution in [0, 0.1) is 6.92 Å². The standard InChI is InChI=1S/C21H19NO3/c1-16-7-9-18(10-8-16)21(24)20-6-3-11-22(20)12-13-25-19-5-2-4-17(14-19)15-23/h2-11,14-15H,12-13H2,1H3. The highest BCUT2D eigenvalue weighted by atomic mass is 16.5. The smallest absolute Gasteiger partial charge is 0.209 e. The van der Waals surface area contributed by atoms with Crippen LogP contribution in [0.3, 0.4) is 0 Å². The average Bonchev–Trinajstić information content (AvgIpc) is 3.10. The van der Waals surface area contributed by atoms with Crippen molar-refractivity contribution < 1.29 is 14.3 Å². The van der Waals surface area contributed by atoms with Crippen molar-refractivity contribution in [2.45, 2.75) is 13.5 Å². The number of aldehydes is 1. The molecule has 0 aliphatic carbocycles. The topological polar surface area (TPSA) is 48.3 Å². The van der Waals surface area contributed by atoms with E-state index in [1.165, 1.54) is 0 Å². The highest BCUT2D eigenvalue weighted by Gasteiger charge is 2.13. The molecule has 2 aromatic carbocycles. The molecule has 1 aromatic heterocycles. The number of carbonyl (C=O) groups excluding carboxylic acids is 2. The largest absolute Gasteiger partial charge is 0.492 e. The second kappa shape index (κ2) is 7.62. The molecule has 25 heavy (non-hydrogen) atoms. The molecule has 4 nitrogen and oxygen atoms in total. The van der Waals surface area contributed by atoms with Crippen molar-refractivity contribution in [1.29, 1.82) is 0 Å². The van der Waals surface area contributed by atoms with E-state index in [1.54, 1.807) is 24.3 Å². The lowest BCUT2D eigenvalue weighted by atomic mass is 10.1. The number of hydrogen-bond donors (Lipinski definition) is 0. The van der Waals surface area contributed by atoms with Crippen LogP contribution in [-0.2, 0) is 6.54 Å². The normalized spacial score (nSPS) is 10.4. The van der Waals surface area contributed by atoms with Crippen molar-refractivity contribution in [3.8, 4) is 5.75 Å². The maximum absolute atomic E-state index is 12.7. The molecule has 0 radical (unpaired) electrons. The van der Waals surface area contributed by atoms with Crippen molar-refractivity contribution >= 4 is 12.1 Å². The van der Waals surface area contributed by atoms with Gasteiger partial charge >= 0.3 is 0 Å². The van der Waals surface area contributed by atoms with Crippen LogP contribution < -0.4 is 4.74 Å². The third kappa shape index (κ3) is 4.04.